The molecular weight excluding hydrogens is 527 g/mol. The molecule has 2 aromatic rings. The molecule has 2 aromatic carbocycles. The highest BCUT2D eigenvalue weighted by Crippen LogP contribution is 2.15. The van der Waals surface area contributed by atoms with E-state index in [1.807, 2.05) is 6.07 Å². The zero-order valence-corrected chi connectivity index (χ0v) is 21.7. The SMILES string of the molecule is CN=C(NCc1cccc(S(=O)(=O)NCCOC)c1)NCC(C)c1cccc(C)c1.I. The van der Waals surface area contributed by atoms with Crippen LogP contribution in [0.2, 0.25) is 0 Å². The molecule has 0 saturated carbocycles. The Labute approximate surface area is 203 Å². The largest absolute Gasteiger partial charge is 0.383 e. The number of hydrogen-bond donors (Lipinski definition) is 3. The Bertz CT molecular complexity index is 951. The number of nitrogens with zero attached hydrogens (tertiary/aromatic N) is 1. The molecule has 0 fully saturated rings. The van der Waals surface area contributed by atoms with Crippen LogP contribution in [0.1, 0.15) is 29.5 Å². The van der Waals surface area contributed by atoms with Crippen molar-refractivity contribution in [3.05, 3.63) is 65.2 Å². The minimum atomic E-state index is -3.56. The summed E-state index contributed by atoms with van der Waals surface area (Å²) in [5.74, 6) is 0.996. The van der Waals surface area contributed by atoms with Crippen LogP contribution in [0.25, 0.3) is 0 Å². The summed E-state index contributed by atoms with van der Waals surface area (Å²) >= 11 is 0. The maximum absolute atomic E-state index is 12.4. The summed E-state index contributed by atoms with van der Waals surface area (Å²) in [6, 6.07) is 15.3. The molecule has 172 valence electrons. The fourth-order valence-electron chi connectivity index (χ4n) is 2.93. The number of nitrogens with one attached hydrogen (secondary N) is 3. The number of sulfonamides is 1. The van der Waals surface area contributed by atoms with Gasteiger partial charge in [0.2, 0.25) is 10.0 Å². The summed E-state index contributed by atoms with van der Waals surface area (Å²) in [7, 11) is -0.312. The maximum atomic E-state index is 12.4. The summed E-state index contributed by atoms with van der Waals surface area (Å²) in [6.07, 6.45) is 0. The second-order valence-corrected chi connectivity index (χ2v) is 8.93. The zero-order valence-electron chi connectivity index (χ0n) is 18.5. The van der Waals surface area contributed by atoms with E-state index in [-0.39, 0.29) is 35.4 Å². The van der Waals surface area contributed by atoms with Gasteiger partial charge in [0.25, 0.3) is 0 Å². The number of methoxy groups -OCH3 is 1. The molecule has 0 saturated heterocycles. The van der Waals surface area contributed by atoms with E-state index < -0.39 is 10.0 Å². The Morgan fingerprint density at radius 3 is 2.55 bits per heavy atom. The first kappa shape index (κ1) is 27.3. The van der Waals surface area contributed by atoms with Crippen molar-refractivity contribution >= 4 is 40.0 Å². The van der Waals surface area contributed by atoms with E-state index in [0.717, 1.165) is 12.1 Å². The Kier molecular flexibility index (Phi) is 12.1. The molecule has 1 atom stereocenters. The number of aryl methyl sites for hydroxylation is 1. The summed E-state index contributed by atoms with van der Waals surface area (Å²) in [6.45, 7) is 6.01. The van der Waals surface area contributed by atoms with Gasteiger partial charge in [-0.3, -0.25) is 4.99 Å². The number of aliphatic imine (C=N–C) groups is 1. The molecule has 0 aliphatic rings. The molecule has 31 heavy (non-hydrogen) atoms. The lowest BCUT2D eigenvalue weighted by atomic mass is 9.99. The van der Waals surface area contributed by atoms with Crippen LogP contribution in [0.15, 0.2) is 58.4 Å². The molecule has 0 spiro atoms. The van der Waals surface area contributed by atoms with Crippen molar-refractivity contribution in [2.75, 3.05) is 33.9 Å². The first-order chi connectivity index (χ1) is 14.4. The lowest BCUT2D eigenvalue weighted by Gasteiger charge is -2.17. The van der Waals surface area contributed by atoms with Crippen LogP contribution >= 0.6 is 24.0 Å². The van der Waals surface area contributed by atoms with E-state index in [4.69, 9.17) is 4.74 Å². The van der Waals surface area contributed by atoms with Crippen molar-refractivity contribution in [1.82, 2.24) is 15.4 Å². The fraction of sp³-hybridized carbons (Fsp3) is 0.409. The quantitative estimate of drug-likeness (QED) is 0.180. The number of rotatable bonds is 10. The Morgan fingerprint density at radius 1 is 1.13 bits per heavy atom. The lowest BCUT2D eigenvalue weighted by Crippen LogP contribution is -2.38. The van der Waals surface area contributed by atoms with Crippen LogP contribution in [-0.4, -0.2) is 48.2 Å². The third-order valence-electron chi connectivity index (χ3n) is 4.68. The second kappa shape index (κ2) is 13.7. The normalized spacial score (nSPS) is 12.7. The molecule has 0 bridgehead atoms. The highest BCUT2D eigenvalue weighted by molar-refractivity contribution is 14.0. The molecule has 0 aromatic heterocycles. The van der Waals surface area contributed by atoms with Gasteiger partial charge in [-0.05, 0) is 36.1 Å². The van der Waals surface area contributed by atoms with Crippen LogP contribution in [0.3, 0.4) is 0 Å². The van der Waals surface area contributed by atoms with E-state index >= 15 is 0 Å². The van der Waals surface area contributed by atoms with Gasteiger partial charge in [0, 0.05) is 33.8 Å². The maximum Gasteiger partial charge on any atom is 0.240 e. The minimum absolute atomic E-state index is 0. The van der Waals surface area contributed by atoms with Crippen molar-refractivity contribution in [1.29, 1.82) is 0 Å². The first-order valence-corrected chi connectivity index (χ1v) is 11.4. The molecule has 0 radical (unpaired) electrons. The third kappa shape index (κ3) is 9.14. The number of hydrogen-bond acceptors (Lipinski definition) is 4. The van der Waals surface area contributed by atoms with Gasteiger partial charge in [0.1, 0.15) is 0 Å². The average molecular weight is 561 g/mol. The van der Waals surface area contributed by atoms with Gasteiger partial charge in [0.05, 0.1) is 11.5 Å². The Balaban J connectivity index is 0.00000480. The van der Waals surface area contributed by atoms with E-state index in [0.29, 0.717) is 25.0 Å². The summed E-state index contributed by atoms with van der Waals surface area (Å²) < 4.78 is 32.1. The van der Waals surface area contributed by atoms with E-state index in [1.165, 1.54) is 18.2 Å². The first-order valence-electron chi connectivity index (χ1n) is 9.94. The van der Waals surface area contributed by atoms with Crippen LogP contribution in [0, 0.1) is 6.92 Å². The predicted molar refractivity (Wildman–Crippen MR) is 137 cm³/mol. The number of ether oxygens (including phenoxy) is 1. The van der Waals surface area contributed by atoms with Gasteiger partial charge in [-0.2, -0.15) is 0 Å². The van der Waals surface area contributed by atoms with Gasteiger partial charge in [0.15, 0.2) is 5.96 Å². The van der Waals surface area contributed by atoms with Crippen LogP contribution in [-0.2, 0) is 21.3 Å². The summed E-state index contributed by atoms with van der Waals surface area (Å²) in [5, 5.41) is 6.57. The van der Waals surface area contributed by atoms with Gasteiger partial charge in [-0.1, -0.05) is 48.9 Å². The summed E-state index contributed by atoms with van der Waals surface area (Å²) in [4.78, 5) is 4.49. The zero-order chi connectivity index (χ0) is 22.0. The van der Waals surface area contributed by atoms with Crippen LogP contribution < -0.4 is 15.4 Å². The highest BCUT2D eigenvalue weighted by Gasteiger charge is 2.14. The van der Waals surface area contributed by atoms with E-state index in [9.17, 15) is 8.42 Å². The Hall–Kier alpha value is -1.69. The Morgan fingerprint density at radius 2 is 1.87 bits per heavy atom. The average Bonchev–Trinajstić information content (AvgIpc) is 2.74. The van der Waals surface area contributed by atoms with Crippen molar-refractivity contribution in [3.63, 3.8) is 0 Å². The lowest BCUT2D eigenvalue weighted by molar-refractivity contribution is 0.204. The van der Waals surface area contributed by atoms with Gasteiger partial charge in [-0.15, -0.1) is 24.0 Å². The van der Waals surface area contributed by atoms with Crippen LogP contribution in [0.4, 0.5) is 0 Å². The fourth-order valence-corrected chi connectivity index (χ4v) is 4.02. The van der Waals surface area contributed by atoms with Crippen molar-refractivity contribution in [2.45, 2.75) is 31.2 Å². The third-order valence-corrected chi connectivity index (χ3v) is 6.14. The number of guanidine groups is 1. The molecule has 2 rings (SSSR count). The van der Waals surface area contributed by atoms with Crippen molar-refractivity contribution in [2.24, 2.45) is 4.99 Å². The van der Waals surface area contributed by atoms with Crippen molar-refractivity contribution in [3.8, 4) is 0 Å². The molecule has 0 aliphatic heterocycles. The smallest absolute Gasteiger partial charge is 0.240 e. The monoisotopic (exact) mass is 560 g/mol. The van der Waals surface area contributed by atoms with Gasteiger partial charge >= 0.3 is 0 Å². The van der Waals surface area contributed by atoms with Gasteiger partial charge in [-0.25, -0.2) is 13.1 Å². The minimum Gasteiger partial charge on any atom is -0.383 e. The number of benzene rings is 2. The van der Waals surface area contributed by atoms with Crippen molar-refractivity contribution < 1.29 is 13.2 Å². The molecule has 3 N–H and O–H groups in total. The topological polar surface area (TPSA) is 91.8 Å². The predicted octanol–water partition coefficient (Wildman–Crippen LogP) is 3.01. The standard InChI is InChI=1S/C22H32N4O3S.HI/c1-17-7-5-9-20(13-17)18(2)15-24-22(23-3)25-16-19-8-6-10-21(14-19)30(27,28)26-11-12-29-4;/h5-10,13-14,18,26H,11-12,15-16H2,1-4H3,(H2,23,24,25);1H. The molecule has 0 aliphatic carbocycles. The molecule has 9 heteroatoms. The molecule has 0 heterocycles. The summed E-state index contributed by atoms with van der Waals surface area (Å²) in [5.41, 5.74) is 3.37. The second-order valence-electron chi connectivity index (χ2n) is 7.16. The molecule has 0 amide bonds. The van der Waals surface area contributed by atoms with Gasteiger partial charge < -0.3 is 15.4 Å². The van der Waals surface area contributed by atoms with Crippen LogP contribution in [0.5, 0.6) is 0 Å². The van der Waals surface area contributed by atoms with E-state index in [1.54, 1.807) is 25.2 Å². The molecule has 7 nitrogen and oxygen atoms in total. The highest BCUT2D eigenvalue weighted by atomic mass is 127. The molecule has 1 unspecified atom stereocenters. The van der Waals surface area contributed by atoms with E-state index in [2.05, 4.69) is 58.5 Å². The number of halogens is 1. The molecular formula is C22H33IN4O3S.